The molecule has 1 aliphatic heterocycles. The van der Waals surface area contributed by atoms with Gasteiger partial charge in [-0.05, 0) is 50.5 Å². The van der Waals surface area contributed by atoms with E-state index in [2.05, 4.69) is 27.9 Å². The molecule has 1 fully saturated rings. The number of aromatic nitrogens is 2. The second kappa shape index (κ2) is 6.86. The molecule has 24 heavy (non-hydrogen) atoms. The Morgan fingerprint density at radius 2 is 2.08 bits per heavy atom. The van der Waals surface area contributed by atoms with Crippen molar-refractivity contribution in [2.24, 2.45) is 0 Å². The van der Waals surface area contributed by atoms with Gasteiger partial charge in [-0.15, -0.1) is 0 Å². The molecular weight excluding hydrogens is 304 g/mol. The summed E-state index contributed by atoms with van der Waals surface area (Å²) in [6, 6.07) is 9.85. The van der Waals surface area contributed by atoms with Crippen molar-refractivity contribution < 1.29 is 9.59 Å². The van der Waals surface area contributed by atoms with Gasteiger partial charge in [-0.3, -0.25) is 9.59 Å². The first-order valence-corrected chi connectivity index (χ1v) is 8.22. The molecule has 2 N–H and O–H groups in total. The molecule has 1 aliphatic rings. The van der Waals surface area contributed by atoms with Gasteiger partial charge in [0.15, 0.2) is 0 Å². The number of hydrogen-bond acceptors (Lipinski definition) is 3. The molecule has 2 heterocycles. The van der Waals surface area contributed by atoms with Gasteiger partial charge in [0.2, 0.25) is 11.8 Å². The van der Waals surface area contributed by atoms with Gasteiger partial charge in [-0.25, -0.2) is 4.68 Å². The summed E-state index contributed by atoms with van der Waals surface area (Å²) in [6.45, 7) is 4.57. The molecule has 1 aromatic carbocycles. The van der Waals surface area contributed by atoms with Crippen molar-refractivity contribution in [3.8, 4) is 5.69 Å². The maximum Gasteiger partial charge on any atom is 0.242 e. The van der Waals surface area contributed by atoms with Crippen molar-refractivity contribution in [2.75, 3.05) is 6.54 Å². The predicted molar refractivity (Wildman–Crippen MR) is 90.9 cm³/mol. The van der Waals surface area contributed by atoms with E-state index in [1.54, 1.807) is 0 Å². The Morgan fingerprint density at radius 3 is 2.67 bits per heavy atom. The third-order valence-electron chi connectivity index (χ3n) is 4.22. The van der Waals surface area contributed by atoms with E-state index in [0.717, 1.165) is 29.1 Å². The molecule has 1 atom stereocenters. The van der Waals surface area contributed by atoms with Crippen molar-refractivity contribution >= 4 is 11.8 Å². The topological polar surface area (TPSA) is 76.0 Å². The SMILES string of the molecule is Cc1cc(C)n(-c2ccc(CCNC(=O)C3CCC(=O)N3)cc2)n1. The summed E-state index contributed by atoms with van der Waals surface area (Å²) in [6.07, 6.45) is 1.78. The zero-order valence-electron chi connectivity index (χ0n) is 14.0. The standard InChI is InChI=1S/C18H22N4O2/c1-12-11-13(2)22(21-12)15-5-3-14(4-6-15)9-10-19-18(24)16-7-8-17(23)20-16/h3-6,11,16H,7-10H2,1-2H3,(H,19,24)(H,20,23). The Balaban J connectivity index is 1.52. The molecule has 0 spiro atoms. The molecule has 0 radical (unpaired) electrons. The fraction of sp³-hybridized carbons (Fsp3) is 0.389. The number of amides is 2. The number of benzene rings is 1. The van der Waals surface area contributed by atoms with E-state index >= 15 is 0 Å². The van der Waals surface area contributed by atoms with E-state index in [0.29, 0.717) is 19.4 Å². The molecule has 126 valence electrons. The van der Waals surface area contributed by atoms with Crippen LogP contribution in [-0.4, -0.2) is 34.2 Å². The molecular formula is C18H22N4O2. The number of aryl methyl sites for hydroxylation is 2. The monoisotopic (exact) mass is 326 g/mol. The van der Waals surface area contributed by atoms with Gasteiger partial charge in [-0.1, -0.05) is 12.1 Å². The lowest BCUT2D eigenvalue weighted by Gasteiger charge is -2.11. The fourth-order valence-corrected chi connectivity index (χ4v) is 2.96. The fourth-order valence-electron chi connectivity index (χ4n) is 2.96. The summed E-state index contributed by atoms with van der Waals surface area (Å²) >= 11 is 0. The molecule has 0 aliphatic carbocycles. The summed E-state index contributed by atoms with van der Waals surface area (Å²) in [5, 5.41) is 10.0. The molecule has 1 aromatic heterocycles. The highest BCUT2D eigenvalue weighted by Gasteiger charge is 2.26. The maximum atomic E-state index is 11.9. The molecule has 2 aromatic rings. The van der Waals surface area contributed by atoms with Crippen LogP contribution in [0.3, 0.4) is 0 Å². The van der Waals surface area contributed by atoms with E-state index in [9.17, 15) is 9.59 Å². The van der Waals surface area contributed by atoms with Crippen LogP contribution in [0.2, 0.25) is 0 Å². The summed E-state index contributed by atoms with van der Waals surface area (Å²) in [4.78, 5) is 23.1. The minimum atomic E-state index is -0.370. The van der Waals surface area contributed by atoms with Gasteiger partial charge in [0.1, 0.15) is 6.04 Å². The van der Waals surface area contributed by atoms with Gasteiger partial charge in [0, 0.05) is 18.7 Å². The van der Waals surface area contributed by atoms with Crippen LogP contribution < -0.4 is 10.6 Å². The van der Waals surface area contributed by atoms with Crippen LogP contribution in [0.4, 0.5) is 0 Å². The zero-order valence-corrected chi connectivity index (χ0v) is 14.0. The molecule has 6 nitrogen and oxygen atoms in total. The van der Waals surface area contributed by atoms with E-state index in [4.69, 9.17) is 0 Å². The largest absolute Gasteiger partial charge is 0.354 e. The lowest BCUT2D eigenvalue weighted by atomic mass is 10.1. The van der Waals surface area contributed by atoms with Crippen LogP contribution in [0.25, 0.3) is 5.69 Å². The van der Waals surface area contributed by atoms with Crippen molar-refractivity contribution in [1.29, 1.82) is 0 Å². The van der Waals surface area contributed by atoms with E-state index in [-0.39, 0.29) is 17.9 Å². The van der Waals surface area contributed by atoms with Gasteiger partial charge in [-0.2, -0.15) is 5.10 Å². The number of rotatable bonds is 5. The number of carbonyl (C=O) groups excluding carboxylic acids is 2. The summed E-state index contributed by atoms with van der Waals surface area (Å²) in [5.41, 5.74) is 4.28. The first-order chi connectivity index (χ1) is 11.5. The highest BCUT2D eigenvalue weighted by Crippen LogP contribution is 2.13. The normalized spacial score (nSPS) is 16.9. The maximum absolute atomic E-state index is 11.9. The van der Waals surface area contributed by atoms with Crippen LogP contribution in [0, 0.1) is 13.8 Å². The average molecular weight is 326 g/mol. The molecule has 6 heteroatoms. The third-order valence-corrected chi connectivity index (χ3v) is 4.22. The highest BCUT2D eigenvalue weighted by molar-refractivity contribution is 5.90. The minimum Gasteiger partial charge on any atom is -0.354 e. The van der Waals surface area contributed by atoms with E-state index in [1.165, 1.54) is 0 Å². The summed E-state index contributed by atoms with van der Waals surface area (Å²) in [5.74, 6) is -0.144. The highest BCUT2D eigenvalue weighted by atomic mass is 16.2. The van der Waals surface area contributed by atoms with Crippen LogP contribution in [-0.2, 0) is 16.0 Å². The predicted octanol–water partition coefficient (Wildman–Crippen LogP) is 1.43. The number of carbonyl (C=O) groups is 2. The Kier molecular flexibility index (Phi) is 4.64. The Bertz CT molecular complexity index is 749. The first kappa shape index (κ1) is 16.2. The Hall–Kier alpha value is -2.63. The third kappa shape index (κ3) is 3.64. The van der Waals surface area contributed by atoms with Crippen LogP contribution in [0.15, 0.2) is 30.3 Å². The van der Waals surface area contributed by atoms with Gasteiger partial charge >= 0.3 is 0 Å². The average Bonchev–Trinajstić information content (AvgIpc) is 3.13. The quantitative estimate of drug-likeness (QED) is 0.873. The van der Waals surface area contributed by atoms with Crippen molar-refractivity contribution in [3.05, 3.63) is 47.3 Å². The number of nitrogens with one attached hydrogen (secondary N) is 2. The van der Waals surface area contributed by atoms with E-state index in [1.807, 2.05) is 36.7 Å². The molecule has 3 rings (SSSR count). The van der Waals surface area contributed by atoms with Crippen LogP contribution in [0.5, 0.6) is 0 Å². The number of hydrogen-bond donors (Lipinski definition) is 2. The first-order valence-electron chi connectivity index (χ1n) is 8.22. The summed E-state index contributed by atoms with van der Waals surface area (Å²) < 4.78 is 1.92. The lowest BCUT2D eigenvalue weighted by Crippen LogP contribution is -2.42. The van der Waals surface area contributed by atoms with Crippen molar-refractivity contribution in [1.82, 2.24) is 20.4 Å². The van der Waals surface area contributed by atoms with Crippen molar-refractivity contribution in [3.63, 3.8) is 0 Å². The molecule has 1 unspecified atom stereocenters. The summed E-state index contributed by atoms with van der Waals surface area (Å²) in [7, 11) is 0. The van der Waals surface area contributed by atoms with Gasteiger partial charge < -0.3 is 10.6 Å². The Labute approximate surface area is 141 Å². The second-order valence-electron chi connectivity index (χ2n) is 6.21. The number of nitrogens with zero attached hydrogens (tertiary/aromatic N) is 2. The molecule has 0 saturated carbocycles. The Morgan fingerprint density at radius 1 is 1.33 bits per heavy atom. The van der Waals surface area contributed by atoms with Crippen LogP contribution in [0.1, 0.15) is 29.8 Å². The minimum absolute atomic E-state index is 0.0464. The van der Waals surface area contributed by atoms with Crippen LogP contribution >= 0.6 is 0 Å². The smallest absolute Gasteiger partial charge is 0.242 e. The molecule has 1 saturated heterocycles. The second-order valence-corrected chi connectivity index (χ2v) is 6.21. The van der Waals surface area contributed by atoms with Gasteiger partial charge in [0.25, 0.3) is 0 Å². The zero-order chi connectivity index (χ0) is 17.1. The van der Waals surface area contributed by atoms with Crippen molar-refractivity contribution in [2.45, 2.75) is 39.2 Å². The lowest BCUT2D eigenvalue weighted by molar-refractivity contribution is -0.125. The molecule has 0 bridgehead atoms. The van der Waals surface area contributed by atoms with Gasteiger partial charge in [0.05, 0.1) is 11.4 Å². The van der Waals surface area contributed by atoms with E-state index < -0.39 is 0 Å². The molecule has 2 amide bonds.